The van der Waals surface area contributed by atoms with Crippen LogP contribution in [-0.4, -0.2) is 30.6 Å². The topological polar surface area (TPSA) is 81.4 Å². The summed E-state index contributed by atoms with van der Waals surface area (Å²) in [7, 11) is 1.30. The number of amides is 1. The van der Waals surface area contributed by atoms with Crippen molar-refractivity contribution >= 4 is 11.9 Å². The van der Waals surface area contributed by atoms with Crippen LogP contribution in [0, 0.1) is 11.7 Å². The monoisotopic (exact) mass is 324 g/mol. The van der Waals surface area contributed by atoms with E-state index in [1.165, 1.54) is 19.2 Å². The van der Waals surface area contributed by atoms with E-state index in [0.717, 1.165) is 5.56 Å². The van der Waals surface area contributed by atoms with E-state index in [0.29, 0.717) is 6.42 Å². The number of hydrogen-bond acceptors (Lipinski definition) is 4. The summed E-state index contributed by atoms with van der Waals surface area (Å²) in [5, 5.41) is 2.87. The minimum atomic E-state index is -0.795. The zero-order chi connectivity index (χ0) is 17.6. The van der Waals surface area contributed by atoms with E-state index in [1.54, 1.807) is 19.1 Å². The third-order valence-electron chi connectivity index (χ3n) is 3.57. The third-order valence-corrected chi connectivity index (χ3v) is 3.57. The highest BCUT2D eigenvalue weighted by Crippen LogP contribution is 2.14. The van der Waals surface area contributed by atoms with Crippen molar-refractivity contribution in [2.75, 3.05) is 7.11 Å². The number of halogens is 1. The lowest BCUT2D eigenvalue weighted by molar-refractivity contribution is -0.145. The Morgan fingerprint density at radius 2 is 1.87 bits per heavy atom. The Balaban J connectivity index is 2.59. The molecule has 0 aromatic heterocycles. The maximum absolute atomic E-state index is 12.9. The lowest BCUT2D eigenvalue weighted by atomic mass is 9.93. The fraction of sp³-hybridized carbons (Fsp3) is 0.529. The standard InChI is InChI=1S/C17H25FN2O3/c1-11(16(22)23-4)9-14(19)15(21)20-17(2,3)10-12-5-7-13(18)8-6-12/h5-8,11,14H,9-10,19H2,1-4H3,(H,20,21). The number of nitrogens with one attached hydrogen (secondary N) is 1. The van der Waals surface area contributed by atoms with Gasteiger partial charge in [-0.1, -0.05) is 19.1 Å². The first-order valence-corrected chi connectivity index (χ1v) is 7.54. The number of ether oxygens (including phenoxy) is 1. The summed E-state index contributed by atoms with van der Waals surface area (Å²) in [6.07, 6.45) is 0.753. The van der Waals surface area contributed by atoms with E-state index < -0.39 is 17.5 Å². The Morgan fingerprint density at radius 3 is 2.39 bits per heavy atom. The average Bonchev–Trinajstić information content (AvgIpc) is 2.47. The zero-order valence-corrected chi connectivity index (χ0v) is 14.1. The van der Waals surface area contributed by atoms with E-state index in [-0.39, 0.29) is 24.1 Å². The van der Waals surface area contributed by atoms with E-state index in [1.807, 2.05) is 13.8 Å². The van der Waals surface area contributed by atoms with Crippen LogP contribution >= 0.6 is 0 Å². The molecule has 128 valence electrons. The summed E-state index contributed by atoms with van der Waals surface area (Å²) in [6, 6.07) is 5.34. The van der Waals surface area contributed by atoms with Crippen molar-refractivity contribution in [1.29, 1.82) is 0 Å². The van der Waals surface area contributed by atoms with E-state index in [2.05, 4.69) is 10.1 Å². The smallest absolute Gasteiger partial charge is 0.308 e. The number of hydrogen-bond donors (Lipinski definition) is 2. The summed E-state index contributed by atoms with van der Waals surface area (Å²) in [5.41, 5.74) is 6.23. The Kier molecular flexibility index (Phi) is 6.69. The van der Waals surface area contributed by atoms with Gasteiger partial charge in [0.15, 0.2) is 0 Å². The zero-order valence-electron chi connectivity index (χ0n) is 14.1. The van der Waals surface area contributed by atoms with Gasteiger partial charge in [0.05, 0.1) is 19.1 Å². The first kappa shape index (κ1) is 19.1. The highest BCUT2D eigenvalue weighted by atomic mass is 19.1. The molecule has 0 aliphatic carbocycles. The van der Waals surface area contributed by atoms with Gasteiger partial charge in [-0.05, 0) is 44.4 Å². The van der Waals surface area contributed by atoms with Gasteiger partial charge < -0.3 is 15.8 Å². The Labute approximate surface area is 136 Å². The summed E-state index contributed by atoms with van der Waals surface area (Å²) in [6.45, 7) is 5.40. The molecule has 0 spiro atoms. The second kappa shape index (κ2) is 8.06. The normalized spacial score (nSPS) is 14.0. The molecule has 0 radical (unpaired) electrons. The molecule has 0 saturated carbocycles. The SMILES string of the molecule is COC(=O)C(C)CC(N)C(=O)NC(C)(C)Cc1ccc(F)cc1. The molecule has 1 aromatic carbocycles. The molecule has 0 heterocycles. The van der Waals surface area contributed by atoms with Crippen molar-refractivity contribution in [1.82, 2.24) is 5.32 Å². The van der Waals surface area contributed by atoms with Crippen LogP contribution in [0.4, 0.5) is 4.39 Å². The first-order valence-electron chi connectivity index (χ1n) is 7.54. The Bertz CT molecular complexity index is 543. The third kappa shape index (κ3) is 6.36. The van der Waals surface area contributed by atoms with Crippen LogP contribution in [0.15, 0.2) is 24.3 Å². The molecule has 2 atom stereocenters. The largest absolute Gasteiger partial charge is 0.469 e. The quantitative estimate of drug-likeness (QED) is 0.749. The lowest BCUT2D eigenvalue weighted by Gasteiger charge is -2.28. The van der Waals surface area contributed by atoms with Gasteiger partial charge in [-0.2, -0.15) is 0 Å². The van der Waals surface area contributed by atoms with Crippen LogP contribution in [0.5, 0.6) is 0 Å². The van der Waals surface area contributed by atoms with Crippen LogP contribution in [0.1, 0.15) is 32.8 Å². The van der Waals surface area contributed by atoms with Gasteiger partial charge in [0.2, 0.25) is 5.91 Å². The molecule has 3 N–H and O–H groups in total. The molecule has 2 unspecified atom stereocenters. The van der Waals surface area contributed by atoms with Crippen molar-refractivity contribution in [2.24, 2.45) is 11.7 Å². The number of nitrogens with two attached hydrogens (primary N) is 1. The fourth-order valence-corrected chi connectivity index (χ4v) is 2.37. The first-order chi connectivity index (χ1) is 10.6. The second-order valence-electron chi connectivity index (χ2n) is 6.44. The van der Waals surface area contributed by atoms with Crippen molar-refractivity contribution in [3.05, 3.63) is 35.6 Å². The summed E-state index contributed by atoms with van der Waals surface area (Å²) >= 11 is 0. The second-order valence-corrected chi connectivity index (χ2v) is 6.44. The number of esters is 1. The van der Waals surface area contributed by atoms with Gasteiger partial charge in [0.1, 0.15) is 5.82 Å². The molecule has 0 fully saturated rings. The summed E-state index contributed by atoms with van der Waals surface area (Å²) in [4.78, 5) is 23.6. The van der Waals surface area contributed by atoms with Crippen LogP contribution in [0.2, 0.25) is 0 Å². The van der Waals surface area contributed by atoms with Crippen LogP contribution in [0.3, 0.4) is 0 Å². The van der Waals surface area contributed by atoms with Crippen LogP contribution < -0.4 is 11.1 Å². The molecule has 6 heteroatoms. The number of carbonyl (C=O) groups is 2. The number of carbonyl (C=O) groups excluding carboxylic acids is 2. The minimum absolute atomic E-state index is 0.213. The maximum atomic E-state index is 12.9. The maximum Gasteiger partial charge on any atom is 0.308 e. The average molecular weight is 324 g/mol. The molecular weight excluding hydrogens is 299 g/mol. The predicted molar refractivity (Wildman–Crippen MR) is 86.1 cm³/mol. The predicted octanol–water partition coefficient (Wildman–Crippen LogP) is 1.79. The van der Waals surface area contributed by atoms with Gasteiger partial charge in [-0.25, -0.2) is 4.39 Å². The molecule has 23 heavy (non-hydrogen) atoms. The van der Waals surface area contributed by atoms with Gasteiger partial charge in [0, 0.05) is 5.54 Å². The van der Waals surface area contributed by atoms with Gasteiger partial charge >= 0.3 is 5.97 Å². The molecule has 1 rings (SSSR count). The van der Waals surface area contributed by atoms with Crippen LogP contribution in [0.25, 0.3) is 0 Å². The molecule has 0 saturated heterocycles. The Morgan fingerprint density at radius 1 is 1.30 bits per heavy atom. The number of benzene rings is 1. The van der Waals surface area contributed by atoms with Gasteiger partial charge in [-0.3, -0.25) is 9.59 Å². The lowest BCUT2D eigenvalue weighted by Crippen LogP contribution is -2.52. The van der Waals surface area contributed by atoms with Crippen molar-refractivity contribution in [3.8, 4) is 0 Å². The van der Waals surface area contributed by atoms with E-state index in [4.69, 9.17) is 5.73 Å². The van der Waals surface area contributed by atoms with E-state index in [9.17, 15) is 14.0 Å². The van der Waals surface area contributed by atoms with Crippen molar-refractivity contribution in [3.63, 3.8) is 0 Å². The highest BCUT2D eigenvalue weighted by molar-refractivity contribution is 5.83. The summed E-state index contributed by atoms with van der Waals surface area (Å²) < 4.78 is 17.6. The molecule has 0 aliphatic rings. The Hall–Kier alpha value is -1.95. The fourth-order valence-electron chi connectivity index (χ4n) is 2.37. The molecule has 1 amide bonds. The minimum Gasteiger partial charge on any atom is -0.469 e. The number of rotatable bonds is 7. The molecule has 1 aromatic rings. The van der Waals surface area contributed by atoms with E-state index >= 15 is 0 Å². The molecular formula is C17H25FN2O3. The highest BCUT2D eigenvalue weighted by Gasteiger charge is 2.27. The van der Waals surface area contributed by atoms with Crippen LogP contribution in [-0.2, 0) is 20.7 Å². The van der Waals surface area contributed by atoms with Crippen molar-refractivity contribution < 1.29 is 18.7 Å². The summed E-state index contributed by atoms with van der Waals surface area (Å²) in [5.74, 6) is -1.46. The molecule has 5 nitrogen and oxygen atoms in total. The molecule has 0 aliphatic heterocycles. The van der Waals surface area contributed by atoms with Gasteiger partial charge in [-0.15, -0.1) is 0 Å². The van der Waals surface area contributed by atoms with Crippen molar-refractivity contribution in [2.45, 2.75) is 45.2 Å². The number of methoxy groups -OCH3 is 1. The molecule has 0 bridgehead atoms. The van der Waals surface area contributed by atoms with Gasteiger partial charge in [0.25, 0.3) is 0 Å².